The molecule has 1 aromatic heterocycles. The molecule has 0 fully saturated rings. The molecule has 0 saturated heterocycles. The minimum Gasteiger partial charge on any atom is -0.496 e. The highest BCUT2D eigenvalue weighted by Gasteiger charge is 2.18. The van der Waals surface area contributed by atoms with Crippen molar-refractivity contribution < 1.29 is 4.74 Å². The summed E-state index contributed by atoms with van der Waals surface area (Å²) >= 11 is 3.53. The number of nitrogens with zero attached hydrogens (tertiary/aromatic N) is 2. The van der Waals surface area contributed by atoms with E-state index in [0.29, 0.717) is 0 Å². The van der Waals surface area contributed by atoms with Crippen LogP contribution in [0.25, 0.3) is 0 Å². The number of halogens is 1. The van der Waals surface area contributed by atoms with E-state index in [1.165, 1.54) is 11.1 Å². The lowest BCUT2D eigenvalue weighted by atomic mass is 9.98. The lowest BCUT2D eigenvalue weighted by Crippen LogP contribution is -2.20. The number of likely N-dealkylation sites (N-methyl/N-ethyl adjacent to an activating group) is 1. The number of benzene rings is 1. The third kappa shape index (κ3) is 3.66. The molecule has 1 unspecified atom stereocenters. The van der Waals surface area contributed by atoms with Gasteiger partial charge in [-0.25, -0.2) is 0 Å². The van der Waals surface area contributed by atoms with Gasteiger partial charge >= 0.3 is 0 Å². The zero-order chi connectivity index (χ0) is 15.4. The average Bonchev–Trinajstić information content (AvgIpc) is 2.86. The van der Waals surface area contributed by atoms with E-state index < -0.39 is 0 Å². The molecule has 5 heteroatoms. The Kier molecular flexibility index (Phi) is 5.42. The second-order valence-corrected chi connectivity index (χ2v) is 5.98. The third-order valence-corrected chi connectivity index (χ3v) is 4.16. The molecule has 0 saturated carbocycles. The Hall–Kier alpha value is -1.33. The van der Waals surface area contributed by atoms with Gasteiger partial charge in [0.2, 0.25) is 0 Å². The third-order valence-electron chi connectivity index (χ3n) is 3.66. The fourth-order valence-electron chi connectivity index (χ4n) is 2.61. The highest BCUT2D eigenvalue weighted by atomic mass is 79.9. The van der Waals surface area contributed by atoms with Gasteiger partial charge in [-0.05, 0) is 43.7 Å². The second kappa shape index (κ2) is 7.09. The van der Waals surface area contributed by atoms with Crippen molar-refractivity contribution in [2.45, 2.75) is 25.8 Å². The Bertz CT molecular complexity index is 610. The molecule has 0 spiro atoms. The fraction of sp³-hybridized carbons (Fsp3) is 0.438. The molecule has 0 radical (unpaired) electrons. The van der Waals surface area contributed by atoms with Crippen LogP contribution in [0.4, 0.5) is 0 Å². The predicted molar refractivity (Wildman–Crippen MR) is 88.8 cm³/mol. The van der Waals surface area contributed by atoms with Crippen LogP contribution in [-0.4, -0.2) is 23.9 Å². The van der Waals surface area contributed by atoms with Crippen molar-refractivity contribution in [1.29, 1.82) is 0 Å². The van der Waals surface area contributed by atoms with E-state index in [4.69, 9.17) is 4.74 Å². The smallest absolute Gasteiger partial charge is 0.122 e. The van der Waals surface area contributed by atoms with Crippen molar-refractivity contribution >= 4 is 15.9 Å². The summed E-state index contributed by atoms with van der Waals surface area (Å²) in [5, 5.41) is 7.94. The van der Waals surface area contributed by atoms with Gasteiger partial charge in [0.1, 0.15) is 5.75 Å². The zero-order valence-electron chi connectivity index (χ0n) is 13.0. The summed E-state index contributed by atoms with van der Waals surface area (Å²) in [7, 11) is 5.67. The molecule has 1 heterocycles. The van der Waals surface area contributed by atoms with Crippen LogP contribution in [0.2, 0.25) is 0 Å². The fourth-order valence-corrected chi connectivity index (χ4v) is 3.02. The molecular formula is C16H22BrN3O. The molecule has 2 rings (SSSR count). The lowest BCUT2D eigenvalue weighted by Gasteiger charge is -2.18. The molecule has 0 bridgehead atoms. The van der Waals surface area contributed by atoms with Crippen molar-refractivity contribution in [3.8, 4) is 5.75 Å². The zero-order valence-corrected chi connectivity index (χ0v) is 14.6. The largest absolute Gasteiger partial charge is 0.496 e. The molecule has 1 aromatic carbocycles. The van der Waals surface area contributed by atoms with E-state index in [1.807, 2.05) is 30.9 Å². The number of aromatic nitrogens is 2. The van der Waals surface area contributed by atoms with Crippen molar-refractivity contribution in [2.75, 3.05) is 14.2 Å². The summed E-state index contributed by atoms with van der Waals surface area (Å²) < 4.78 is 8.42. The molecule has 0 aliphatic heterocycles. The number of methoxy groups -OCH3 is 1. The maximum Gasteiger partial charge on any atom is 0.122 e. The van der Waals surface area contributed by atoms with Gasteiger partial charge in [0.25, 0.3) is 0 Å². The van der Waals surface area contributed by atoms with Crippen LogP contribution in [0.5, 0.6) is 5.75 Å². The first-order valence-corrected chi connectivity index (χ1v) is 7.90. The SMILES string of the molecule is CCc1nn(C)cc1C(Cc1cc(Br)ccc1OC)NC. The quantitative estimate of drug-likeness (QED) is 0.867. The lowest BCUT2D eigenvalue weighted by molar-refractivity contribution is 0.406. The molecule has 0 aliphatic carbocycles. The molecule has 114 valence electrons. The van der Waals surface area contributed by atoms with Gasteiger partial charge in [-0.1, -0.05) is 22.9 Å². The molecule has 0 aliphatic rings. The summed E-state index contributed by atoms with van der Waals surface area (Å²) in [4.78, 5) is 0. The number of nitrogens with one attached hydrogen (secondary N) is 1. The van der Waals surface area contributed by atoms with Crippen LogP contribution in [0.1, 0.15) is 29.8 Å². The van der Waals surface area contributed by atoms with E-state index in [-0.39, 0.29) is 6.04 Å². The normalized spacial score (nSPS) is 12.4. The molecule has 21 heavy (non-hydrogen) atoms. The van der Waals surface area contributed by atoms with Crippen LogP contribution in [-0.2, 0) is 19.9 Å². The second-order valence-electron chi connectivity index (χ2n) is 5.06. The van der Waals surface area contributed by atoms with Gasteiger partial charge in [-0.2, -0.15) is 5.10 Å². The molecule has 0 amide bonds. The maximum atomic E-state index is 5.47. The van der Waals surface area contributed by atoms with Gasteiger partial charge in [0.15, 0.2) is 0 Å². The Balaban J connectivity index is 2.33. The van der Waals surface area contributed by atoms with Crippen LogP contribution in [0.15, 0.2) is 28.9 Å². The van der Waals surface area contributed by atoms with Crippen LogP contribution >= 0.6 is 15.9 Å². The van der Waals surface area contributed by atoms with Crippen LogP contribution in [0.3, 0.4) is 0 Å². The number of hydrogen-bond donors (Lipinski definition) is 1. The van der Waals surface area contributed by atoms with Crippen molar-refractivity contribution in [2.24, 2.45) is 7.05 Å². The summed E-state index contributed by atoms with van der Waals surface area (Å²) in [6.07, 6.45) is 3.90. The van der Waals surface area contributed by atoms with E-state index in [0.717, 1.165) is 28.8 Å². The standard InChI is InChI=1S/C16H22BrN3O/c1-5-14-13(10-20(3)19-14)15(18-2)9-11-8-12(17)6-7-16(11)21-4/h6-8,10,15,18H,5,9H2,1-4H3. The predicted octanol–water partition coefficient (Wildman–Crippen LogP) is 3.26. The summed E-state index contributed by atoms with van der Waals surface area (Å²) in [6.45, 7) is 2.14. The number of aryl methyl sites for hydroxylation is 2. The Morgan fingerprint density at radius 3 is 2.81 bits per heavy atom. The first-order valence-electron chi connectivity index (χ1n) is 7.11. The van der Waals surface area contributed by atoms with Crippen molar-refractivity contribution in [3.63, 3.8) is 0 Å². The monoisotopic (exact) mass is 351 g/mol. The Morgan fingerprint density at radius 2 is 2.19 bits per heavy atom. The minimum atomic E-state index is 0.219. The molecule has 1 atom stereocenters. The van der Waals surface area contributed by atoms with Crippen molar-refractivity contribution in [3.05, 3.63) is 45.7 Å². The topological polar surface area (TPSA) is 39.1 Å². The van der Waals surface area contributed by atoms with Crippen LogP contribution < -0.4 is 10.1 Å². The van der Waals surface area contributed by atoms with E-state index in [1.54, 1.807) is 7.11 Å². The molecule has 1 N–H and O–H groups in total. The number of hydrogen-bond acceptors (Lipinski definition) is 3. The van der Waals surface area contributed by atoms with Gasteiger partial charge in [-0.3, -0.25) is 4.68 Å². The molecule has 4 nitrogen and oxygen atoms in total. The Labute approximate surface area is 134 Å². The number of rotatable bonds is 6. The van der Waals surface area contributed by atoms with E-state index in [2.05, 4.69) is 45.5 Å². The van der Waals surface area contributed by atoms with Gasteiger partial charge in [0.05, 0.1) is 12.8 Å². The highest BCUT2D eigenvalue weighted by Crippen LogP contribution is 2.29. The van der Waals surface area contributed by atoms with Gasteiger partial charge in [0, 0.05) is 29.3 Å². The number of ether oxygens (including phenoxy) is 1. The van der Waals surface area contributed by atoms with Gasteiger partial charge in [-0.15, -0.1) is 0 Å². The maximum absolute atomic E-state index is 5.47. The summed E-state index contributed by atoms with van der Waals surface area (Å²) in [5.74, 6) is 0.917. The highest BCUT2D eigenvalue weighted by molar-refractivity contribution is 9.10. The Morgan fingerprint density at radius 1 is 1.43 bits per heavy atom. The molecule has 2 aromatic rings. The average molecular weight is 352 g/mol. The summed E-state index contributed by atoms with van der Waals surface area (Å²) in [6, 6.07) is 6.33. The van der Waals surface area contributed by atoms with Crippen molar-refractivity contribution in [1.82, 2.24) is 15.1 Å². The first-order chi connectivity index (χ1) is 10.1. The van der Waals surface area contributed by atoms with Gasteiger partial charge < -0.3 is 10.1 Å². The van der Waals surface area contributed by atoms with E-state index in [9.17, 15) is 0 Å². The summed E-state index contributed by atoms with van der Waals surface area (Å²) in [5.41, 5.74) is 3.58. The first kappa shape index (κ1) is 16.0. The van der Waals surface area contributed by atoms with E-state index >= 15 is 0 Å². The molecular weight excluding hydrogens is 330 g/mol. The van der Waals surface area contributed by atoms with Crippen LogP contribution in [0, 0.1) is 0 Å². The minimum absolute atomic E-state index is 0.219.